The minimum Gasteiger partial charge on any atom is -0.469 e. The molecular weight excluding hydrogens is 330 g/mol. The number of methoxy groups -OCH3 is 1. The highest BCUT2D eigenvalue weighted by atomic mass is 16.5. The zero-order valence-electron chi connectivity index (χ0n) is 14.7. The molecule has 2 heterocycles. The fraction of sp³-hybridized carbons (Fsp3) is 0.350. The smallest absolute Gasteiger partial charge is 0.305 e. The first-order chi connectivity index (χ1) is 12.7. The molecule has 0 atom stereocenters. The average molecular weight is 351 g/mol. The van der Waals surface area contributed by atoms with Gasteiger partial charge in [-0.3, -0.25) is 9.59 Å². The van der Waals surface area contributed by atoms with Gasteiger partial charge in [0.15, 0.2) is 0 Å². The van der Waals surface area contributed by atoms with Crippen LogP contribution in [0.2, 0.25) is 0 Å². The molecule has 134 valence electrons. The number of carbonyl (C=O) groups is 2. The van der Waals surface area contributed by atoms with Crippen LogP contribution in [0.3, 0.4) is 0 Å². The van der Waals surface area contributed by atoms with E-state index in [9.17, 15) is 9.59 Å². The van der Waals surface area contributed by atoms with E-state index in [1.807, 2.05) is 30.3 Å². The van der Waals surface area contributed by atoms with Gasteiger partial charge in [-0.15, -0.1) is 0 Å². The summed E-state index contributed by atoms with van der Waals surface area (Å²) >= 11 is 0. The number of benzene rings is 1. The first kappa shape index (κ1) is 16.6. The predicted octanol–water partition coefficient (Wildman–Crippen LogP) is 3.30. The minimum absolute atomic E-state index is 0.0754. The standard InChI is InChI=1S/C20H21N3O3/c1-26-18(24)9-5-13-22-16-7-2-3-8-17(16)23(14-10-11-14)19-15(20(22)25)6-4-12-21-19/h2-4,6-8,12,14H,5,9-11,13H2,1H3. The van der Waals surface area contributed by atoms with Gasteiger partial charge in [0.25, 0.3) is 5.91 Å². The molecule has 0 radical (unpaired) electrons. The molecule has 1 aliphatic heterocycles. The number of anilines is 3. The monoisotopic (exact) mass is 351 g/mol. The van der Waals surface area contributed by atoms with Crippen LogP contribution >= 0.6 is 0 Å². The van der Waals surface area contributed by atoms with Crippen molar-refractivity contribution in [1.82, 2.24) is 4.98 Å². The molecule has 2 aliphatic rings. The molecule has 6 heteroatoms. The quantitative estimate of drug-likeness (QED) is 0.774. The highest BCUT2D eigenvalue weighted by molar-refractivity contribution is 6.13. The van der Waals surface area contributed by atoms with Crippen molar-refractivity contribution in [3.63, 3.8) is 0 Å². The summed E-state index contributed by atoms with van der Waals surface area (Å²) in [5.41, 5.74) is 2.47. The lowest BCUT2D eigenvalue weighted by atomic mass is 10.2. The Kier molecular flexibility index (Phi) is 4.32. The molecule has 1 aliphatic carbocycles. The molecule has 0 N–H and O–H groups in total. The Bertz CT molecular complexity index is 848. The number of amides is 1. The molecule has 1 aromatic heterocycles. The molecule has 1 fully saturated rings. The highest BCUT2D eigenvalue weighted by Crippen LogP contribution is 2.45. The molecule has 0 saturated heterocycles. The Morgan fingerprint density at radius 2 is 1.96 bits per heavy atom. The van der Waals surface area contributed by atoms with Crippen molar-refractivity contribution in [2.45, 2.75) is 31.7 Å². The highest BCUT2D eigenvalue weighted by Gasteiger charge is 2.38. The topological polar surface area (TPSA) is 62.7 Å². The second-order valence-electron chi connectivity index (χ2n) is 6.60. The van der Waals surface area contributed by atoms with Crippen molar-refractivity contribution < 1.29 is 14.3 Å². The maximum atomic E-state index is 13.3. The molecule has 1 saturated carbocycles. The van der Waals surface area contributed by atoms with Crippen molar-refractivity contribution in [1.29, 1.82) is 0 Å². The summed E-state index contributed by atoms with van der Waals surface area (Å²) in [6.07, 6.45) is 4.76. The zero-order valence-corrected chi connectivity index (χ0v) is 14.7. The van der Waals surface area contributed by atoms with E-state index in [4.69, 9.17) is 4.74 Å². The number of aromatic nitrogens is 1. The molecule has 2 aromatic rings. The predicted molar refractivity (Wildman–Crippen MR) is 98.8 cm³/mol. The number of carbonyl (C=O) groups excluding carboxylic acids is 2. The summed E-state index contributed by atoms with van der Waals surface area (Å²) in [6, 6.07) is 11.9. The number of hydrogen-bond donors (Lipinski definition) is 0. The second-order valence-corrected chi connectivity index (χ2v) is 6.60. The maximum Gasteiger partial charge on any atom is 0.305 e. The van der Waals surface area contributed by atoms with Gasteiger partial charge >= 0.3 is 5.97 Å². The van der Waals surface area contributed by atoms with E-state index in [0.717, 1.165) is 30.0 Å². The third kappa shape index (κ3) is 2.92. The molecule has 26 heavy (non-hydrogen) atoms. The van der Waals surface area contributed by atoms with E-state index >= 15 is 0 Å². The summed E-state index contributed by atoms with van der Waals surface area (Å²) in [5, 5.41) is 0. The van der Waals surface area contributed by atoms with Crippen LogP contribution in [-0.4, -0.2) is 36.6 Å². The summed E-state index contributed by atoms with van der Waals surface area (Å²) in [7, 11) is 1.38. The van der Waals surface area contributed by atoms with E-state index in [1.165, 1.54) is 7.11 Å². The normalized spacial score (nSPS) is 16.0. The lowest BCUT2D eigenvalue weighted by molar-refractivity contribution is -0.140. The Morgan fingerprint density at radius 1 is 1.19 bits per heavy atom. The van der Waals surface area contributed by atoms with Crippen LogP contribution in [0.25, 0.3) is 0 Å². The third-order valence-electron chi connectivity index (χ3n) is 4.82. The van der Waals surface area contributed by atoms with Gasteiger partial charge in [-0.1, -0.05) is 12.1 Å². The van der Waals surface area contributed by atoms with E-state index in [-0.39, 0.29) is 18.3 Å². The number of para-hydroxylation sites is 2. The summed E-state index contributed by atoms with van der Waals surface area (Å²) in [5.74, 6) is 0.388. The van der Waals surface area contributed by atoms with Gasteiger partial charge in [0.2, 0.25) is 0 Å². The number of nitrogens with zero attached hydrogens (tertiary/aromatic N) is 3. The number of rotatable bonds is 5. The second kappa shape index (κ2) is 6.78. The molecule has 0 bridgehead atoms. The maximum absolute atomic E-state index is 13.3. The number of pyridine rings is 1. The van der Waals surface area contributed by atoms with Crippen LogP contribution in [0.4, 0.5) is 17.2 Å². The van der Waals surface area contributed by atoms with Crippen molar-refractivity contribution in [2.75, 3.05) is 23.5 Å². The molecule has 4 rings (SSSR count). The fourth-order valence-electron chi connectivity index (χ4n) is 3.43. The largest absolute Gasteiger partial charge is 0.469 e. The molecular formula is C20H21N3O3. The van der Waals surface area contributed by atoms with Crippen LogP contribution in [-0.2, 0) is 9.53 Å². The van der Waals surface area contributed by atoms with Gasteiger partial charge < -0.3 is 14.5 Å². The SMILES string of the molecule is COC(=O)CCCN1C(=O)c2cccnc2N(C2CC2)c2ccccc21. The molecule has 0 unspecified atom stereocenters. The van der Waals surface area contributed by atoms with Gasteiger partial charge in [-0.25, -0.2) is 4.98 Å². The van der Waals surface area contributed by atoms with Gasteiger partial charge in [0.1, 0.15) is 5.82 Å². The van der Waals surface area contributed by atoms with Crippen LogP contribution in [0.5, 0.6) is 0 Å². The van der Waals surface area contributed by atoms with Crippen LogP contribution in [0.1, 0.15) is 36.0 Å². The fourth-order valence-corrected chi connectivity index (χ4v) is 3.43. The molecule has 6 nitrogen and oxygen atoms in total. The Balaban J connectivity index is 1.76. The Labute approximate surface area is 152 Å². The van der Waals surface area contributed by atoms with Crippen molar-refractivity contribution in [3.05, 3.63) is 48.2 Å². The lowest BCUT2D eigenvalue weighted by Gasteiger charge is -2.26. The van der Waals surface area contributed by atoms with E-state index in [2.05, 4.69) is 9.88 Å². The van der Waals surface area contributed by atoms with E-state index in [0.29, 0.717) is 24.6 Å². The van der Waals surface area contributed by atoms with Crippen molar-refractivity contribution >= 4 is 29.1 Å². The Morgan fingerprint density at radius 3 is 2.69 bits per heavy atom. The summed E-state index contributed by atoms with van der Waals surface area (Å²) in [4.78, 5) is 33.2. The van der Waals surface area contributed by atoms with Crippen LogP contribution in [0, 0.1) is 0 Å². The van der Waals surface area contributed by atoms with E-state index in [1.54, 1.807) is 17.2 Å². The van der Waals surface area contributed by atoms with E-state index < -0.39 is 0 Å². The molecule has 1 amide bonds. The van der Waals surface area contributed by atoms with Crippen LogP contribution < -0.4 is 9.80 Å². The molecule has 0 spiro atoms. The first-order valence-electron chi connectivity index (χ1n) is 8.92. The first-order valence-corrected chi connectivity index (χ1v) is 8.92. The van der Waals surface area contributed by atoms with Crippen LogP contribution in [0.15, 0.2) is 42.6 Å². The zero-order chi connectivity index (χ0) is 18.1. The van der Waals surface area contributed by atoms with Gasteiger partial charge in [-0.2, -0.15) is 0 Å². The number of hydrogen-bond acceptors (Lipinski definition) is 5. The number of fused-ring (bicyclic) bond motifs is 2. The van der Waals surface area contributed by atoms with Gasteiger partial charge in [-0.05, 0) is 43.5 Å². The van der Waals surface area contributed by atoms with Gasteiger partial charge in [0, 0.05) is 25.2 Å². The lowest BCUT2D eigenvalue weighted by Crippen LogP contribution is -2.31. The molecule has 1 aromatic carbocycles. The van der Waals surface area contributed by atoms with Crippen molar-refractivity contribution in [2.24, 2.45) is 0 Å². The van der Waals surface area contributed by atoms with Gasteiger partial charge in [0.05, 0.1) is 24.0 Å². The number of ether oxygens (including phenoxy) is 1. The summed E-state index contributed by atoms with van der Waals surface area (Å²) < 4.78 is 4.71. The minimum atomic E-state index is -0.262. The third-order valence-corrected chi connectivity index (χ3v) is 4.82. The number of esters is 1. The average Bonchev–Trinajstić information content (AvgIpc) is 3.51. The van der Waals surface area contributed by atoms with Crippen molar-refractivity contribution in [3.8, 4) is 0 Å². The Hall–Kier alpha value is -2.89. The summed E-state index contributed by atoms with van der Waals surface area (Å²) in [6.45, 7) is 0.456.